The summed E-state index contributed by atoms with van der Waals surface area (Å²) >= 11 is 1.74. The van der Waals surface area contributed by atoms with Gasteiger partial charge in [-0.3, -0.25) is 14.4 Å². The van der Waals surface area contributed by atoms with Crippen LogP contribution in [0.5, 0.6) is 0 Å². The summed E-state index contributed by atoms with van der Waals surface area (Å²) in [5, 5.41) is 24.9. The lowest BCUT2D eigenvalue weighted by Crippen LogP contribution is -2.23. The molecule has 11 nitrogen and oxygen atoms in total. The topological polar surface area (TPSA) is 173 Å². The van der Waals surface area contributed by atoms with E-state index in [1.807, 2.05) is 58.0 Å². The summed E-state index contributed by atoms with van der Waals surface area (Å²) < 4.78 is 0.0260. The van der Waals surface area contributed by atoms with Gasteiger partial charge >= 0.3 is 11.9 Å². The Kier molecular flexibility index (Phi) is 14.5. The molecule has 0 aromatic carbocycles. The summed E-state index contributed by atoms with van der Waals surface area (Å²) in [5.74, 6) is -1.76. The minimum Gasteiger partial charge on any atom is -0.481 e. The van der Waals surface area contributed by atoms with Gasteiger partial charge in [0.25, 0.3) is 3.91 Å². The van der Waals surface area contributed by atoms with Crippen molar-refractivity contribution >= 4 is 88.9 Å². The number of nitrogens with one attached hydrogen (secondary N) is 4. The molecule has 5 rings (SSSR count). The second kappa shape index (κ2) is 18.8. The van der Waals surface area contributed by atoms with Crippen LogP contribution in [0.4, 0.5) is 4.79 Å². The number of carbonyl (C=O) groups excluding carboxylic acids is 1. The maximum absolute atomic E-state index is 11.5. The highest BCUT2D eigenvalue weighted by Crippen LogP contribution is 2.36. The molecule has 0 unspecified atom stereocenters. The number of nitrogens with zero attached hydrogens (tertiary/aromatic N) is 2. The molecule has 2 aliphatic heterocycles. The van der Waals surface area contributed by atoms with Crippen LogP contribution >= 0.6 is 22.6 Å². The van der Waals surface area contributed by atoms with E-state index < -0.39 is 11.9 Å². The fraction of sp³-hybridized carbons (Fsp3) is 0.341. The number of carboxylic acid groups (broad SMARTS) is 2. The van der Waals surface area contributed by atoms with Crippen molar-refractivity contribution < 1.29 is 24.6 Å². The molecular weight excluding hydrogens is 783 g/mol. The molecule has 5 heterocycles. The molecule has 0 radical (unpaired) electrons. The molecular formula is C41H49IN6O5. The SMILES string of the molecule is C=CC1=C(C)c2cc3[nH]c(cc4nc(cc5[nH]c(cc1n2)c(C)c5CCC(=O)O)C(CCC(=O)O)=C4C)c(C)c3C=C.CCCNCCCNC(=O)I. The standard InChI is InChI=1S/C34H34N4O4.C7H15IN2O/c1-7-21-17(3)25-13-26-19(5)23(9-11-33(39)40)31(37-26)16-32-24(10-12-34(41)42)20(6)28(38-32)15-30-22(8-2)18(4)27(36-30)14-29(21)35-25;1-2-4-9-5-3-6-10-7(8)11/h7-8,13-16,35,38H,1-2,9-12H2,3-6H3,(H,39,40)(H,41,42);9H,2-6H2,1H3,(H,10,11). The van der Waals surface area contributed by atoms with Crippen molar-refractivity contribution in [3.63, 3.8) is 0 Å². The molecule has 0 fully saturated rings. The van der Waals surface area contributed by atoms with Gasteiger partial charge in [-0.15, -0.1) is 0 Å². The van der Waals surface area contributed by atoms with Crippen LogP contribution in [0.25, 0.3) is 50.4 Å². The number of aromatic nitrogens is 4. The summed E-state index contributed by atoms with van der Waals surface area (Å²) in [7, 11) is 0. The van der Waals surface area contributed by atoms with E-state index in [1.54, 1.807) is 28.7 Å². The Morgan fingerprint density at radius 2 is 1.34 bits per heavy atom. The average molecular weight is 833 g/mol. The Hall–Kier alpha value is -4.82. The number of fused-ring (bicyclic) bond motifs is 8. The zero-order chi connectivity index (χ0) is 38.8. The highest BCUT2D eigenvalue weighted by molar-refractivity contribution is 14.1. The number of aromatic amines is 2. The Morgan fingerprint density at radius 3 is 1.98 bits per heavy atom. The Labute approximate surface area is 324 Å². The molecule has 280 valence electrons. The predicted molar refractivity (Wildman–Crippen MR) is 224 cm³/mol. The largest absolute Gasteiger partial charge is 0.481 e. The van der Waals surface area contributed by atoms with Crippen LogP contribution in [-0.4, -0.2) is 65.6 Å². The molecule has 53 heavy (non-hydrogen) atoms. The molecule has 3 aromatic rings. The monoisotopic (exact) mass is 832 g/mol. The van der Waals surface area contributed by atoms with Crippen LogP contribution in [0.15, 0.2) is 43.5 Å². The first-order chi connectivity index (χ1) is 25.3. The van der Waals surface area contributed by atoms with E-state index in [4.69, 9.17) is 9.97 Å². The van der Waals surface area contributed by atoms with E-state index in [1.165, 1.54) is 6.42 Å². The van der Waals surface area contributed by atoms with Crippen LogP contribution in [-0.2, 0) is 16.0 Å². The summed E-state index contributed by atoms with van der Waals surface area (Å²) in [5.41, 5.74) is 13.7. The third kappa shape index (κ3) is 10.2. The Bertz CT molecular complexity index is 2160. The van der Waals surface area contributed by atoms with Crippen molar-refractivity contribution in [2.45, 2.75) is 73.1 Å². The number of aliphatic carboxylic acids is 2. The van der Waals surface area contributed by atoms with Gasteiger partial charge in [-0.1, -0.05) is 32.2 Å². The van der Waals surface area contributed by atoms with E-state index in [-0.39, 0.29) is 16.8 Å². The minimum absolute atomic E-state index is 0.0259. The second-order valence-electron chi connectivity index (χ2n) is 13.0. The normalized spacial score (nSPS) is 12.3. The van der Waals surface area contributed by atoms with Crippen molar-refractivity contribution in [1.29, 1.82) is 0 Å². The van der Waals surface area contributed by atoms with E-state index in [0.717, 1.165) is 110 Å². The quantitative estimate of drug-likeness (QED) is 0.0404. The number of carbonyl (C=O) groups is 3. The van der Waals surface area contributed by atoms with Gasteiger partial charge in [0.2, 0.25) is 0 Å². The summed E-state index contributed by atoms with van der Waals surface area (Å²) in [4.78, 5) is 50.4. The molecule has 0 saturated heterocycles. The lowest BCUT2D eigenvalue weighted by atomic mass is 10.0. The Balaban J connectivity index is 0.000000495. The van der Waals surface area contributed by atoms with Gasteiger partial charge in [-0.25, -0.2) is 9.97 Å². The van der Waals surface area contributed by atoms with Crippen LogP contribution in [0.1, 0.15) is 97.9 Å². The smallest absolute Gasteiger partial charge is 0.303 e. The number of allylic oxidation sites excluding steroid dienone is 5. The number of carboxylic acids is 2. The number of rotatable bonds is 14. The number of amides is 1. The first-order valence-electron chi connectivity index (χ1n) is 17.8. The first-order valence-corrected chi connectivity index (χ1v) is 18.9. The van der Waals surface area contributed by atoms with Gasteiger partial charge in [0, 0.05) is 75.2 Å². The molecule has 3 aromatic heterocycles. The third-order valence-corrected chi connectivity index (χ3v) is 9.82. The molecule has 2 aliphatic rings. The molecule has 12 heteroatoms. The molecule has 6 N–H and O–H groups in total. The van der Waals surface area contributed by atoms with Gasteiger partial charge in [-0.05, 0) is 124 Å². The number of aryl methyl sites for hydroxylation is 3. The highest BCUT2D eigenvalue weighted by atomic mass is 127. The second-order valence-corrected chi connectivity index (χ2v) is 14.0. The molecule has 0 saturated carbocycles. The summed E-state index contributed by atoms with van der Waals surface area (Å²) in [6.45, 7) is 21.0. The fourth-order valence-electron chi connectivity index (χ4n) is 6.47. The zero-order valence-electron chi connectivity index (χ0n) is 31.1. The van der Waals surface area contributed by atoms with E-state index >= 15 is 0 Å². The number of hydrogen-bond donors (Lipinski definition) is 6. The van der Waals surface area contributed by atoms with Gasteiger partial charge < -0.3 is 30.8 Å². The maximum atomic E-state index is 11.5. The lowest BCUT2D eigenvalue weighted by Gasteiger charge is -2.03. The molecule has 0 aliphatic carbocycles. The molecule has 8 bridgehead atoms. The lowest BCUT2D eigenvalue weighted by molar-refractivity contribution is -0.137. The molecule has 0 spiro atoms. The van der Waals surface area contributed by atoms with Crippen LogP contribution in [0.2, 0.25) is 0 Å². The van der Waals surface area contributed by atoms with Crippen LogP contribution in [0, 0.1) is 13.8 Å². The van der Waals surface area contributed by atoms with Crippen molar-refractivity contribution in [3.8, 4) is 0 Å². The van der Waals surface area contributed by atoms with E-state index in [9.17, 15) is 24.6 Å². The predicted octanol–water partition coefficient (Wildman–Crippen LogP) is 9.02. The third-order valence-electron chi connectivity index (χ3n) is 9.44. The van der Waals surface area contributed by atoms with E-state index in [0.29, 0.717) is 18.5 Å². The average Bonchev–Trinajstić information content (AvgIpc) is 3.77. The summed E-state index contributed by atoms with van der Waals surface area (Å²) in [6.07, 6.45) is 6.39. The van der Waals surface area contributed by atoms with Gasteiger partial charge in [0.1, 0.15) is 0 Å². The van der Waals surface area contributed by atoms with Crippen LogP contribution in [0.3, 0.4) is 0 Å². The van der Waals surface area contributed by atoms with Crippen molar-refractivity contribution in [1.82, 2.24) is 30.6 Å². The number of halogens is 1. The van der Waals surface area contributed by atoms with Crippen molar-refractivity contribution in [2.75, 3.05) is 19.6 Å². The molecule has 1 amide bonds. The molecule has 0 atom stereocenters. The van der Waals surface area contributed by atoms with Crippen molar-refractivity contribution in [2.24, 2.45) is 0 Å². The van der Waals surface area contributed by atoms with Crippen molar-refractivity contribution in [3.05, 3.63) is 88.5 Å². The highest BCUT2D eigenvalue weighted by Gasteiger charge is 2.21. The summed E-state index contributed by atoms with van der Waals surface area (Å²) in [6, 6.07) is 7.88. The van der Waals surface area contributed by atoms with Gasteiger partial charge in [0.05, 0.1) is 22.8 Å². The number of H-pyrrole nitrogens is 2. The van der Waals surface area contributed by atoms with Gasteiger partial charge in [-0.2, -0.15) is 0 Å². The minimum atomic E-state index is -0.883. The Morgan fingerprint density at radius 1 is 0.755 bits per heavy atom. The zero-order valence-corrected chi connectivity index (χ0v) is 33.3. The number of hydrogen-bond acceptors (Lipinski definition) is 6. The first kappa shape index (κ1) is 40.9. The van der Waals surface area contributed by atoms with Gasteiger partial charge in [0.15, 0.2) is 0 Å². The fourth-order valence-corrected chi connectivity index (χ4v) is 6.74. The van der Waals surface area contributed by atoms with E-state index in [2.05, 4.69) is 40.7 Å². The van der Waals surface area contributed by atoms with Crippen LogP contribution < -0.4 is 10.6 Å². The maximum Gasteiger partial charge on any atom is 0.303 e.